The van der Waals surface area contributed by atoms with Gasteiger partial charge in [0.25, 0.3) is 0 Å². The molecule has 2 aliphatic rings. The van der Waals surface area contributed by atoms with Crippen molar-refractivity contribution in [3.8, 4) is 0 Å². The van der Waals surface area contributed by atoms with Crippen molar-refractivity contribution in [1.82, 2.24) is 0 Å². The van der Waals surface area contributed by atoms with Crippen molar-refractivity contribution in [2.45, 2.75) is 60.8 Å². The molecule has 0 N–H and O–H groups in total. The number of cyclic esters (lactones) is 4. The van der Waals surface area contributed by atoms with Crippen LogP contribution >= 0.6 is 0 Å². The molecular formula is C15H24O6. The first-order valence-electron chi connectivity index (χ1n) is 6.17. The SMILES string of the molecule is C.C.CC1(CC2(C)CC(=O)OC(=O)C2)CC(=O)OC(=O)C1. The highest BCUT2D eigenvalue weighted by Crippen LogP contribution is 2.46. The van der Waals surface area contributed by atoms with Gasteiger partial charge in [0.05, 0.1) is 25.7 Å². The molecule has 2 heterocycles. The van der Waals surface area contributed by atoms with Crippen LogP contribution in [0.2, 0.25) is 0 Å². The summed E-state index contributed by atoms with van der Waals surface area (Å²) in [7, 11) is 0. The molecule has 0 saturated carbocycles. The van der Waals surface area contributed by atoms with Gasteiger partial charge in [-0.15, -0.1) is 0 Å². The molecule has 0 bridgehead atoms. The van der Waals surface area contributed by atoms with Crippen molar-refractivity contribution < 1.29 is 28.7 Å². The van der Waals surface area contributed by atoms with E-state index in [0.717, 1.165) is 0 Å². The second kappa shape index (κ2) is 6.37. The molecule has 0 amide bonds. The molecule has 0 unspecified atom stereocenters. The van der Waals surface area contributed by atoms with Gasteiger partial charge in [-0.2, -0.15) is 0 Å². The molecule has 0 aromatic heterocycles. The fourth-order valence-corrected chi connectivity index (χ4v) is 3.20. The number of rotatable bonds is 2. The molecule has 0 aromatic rings. The molecule has 120 valence electrons. The van der Waals surface area contributed by atoms with E-state index in [9.17, 15) is 19.2 Å². The summed E-state index contributed by atoms with van der Waals surface area (Å²) in [4.78, 5) is 45.4. The van der Waals surface area contributed by atoms with Gasteiger partial charge < -0.3 is 9.47 Å². The van der Waals surface area contributed by atoms with Gasteiger partial charge in [0, 0.05) is 0 Å². The van der Waals surface area contributed by atoms with Gasteiger partial charge in [0.2, 0.25) is 0 Å². The predicted octanol–water partition coefficient (Wildman–Crippen LogP) is 2.39. The lowest BCUT2D eigenvalue weighted by Gasteiger charge is -2.40. The first-order chi connectivity index (χ1) is 8.70. The Morgan fingerprint density at radius 2 is 0.952 bits per heavy atom. The Labute approximate surface area is 125 Å². The van der Waals surface area contributed by atoms with Crippen molar-refractivity contribution in [3.05, 3.63) is 0 Å². The van der Waals surface area contributed by atoms with Crippen molar-refractivity contribution >= 4 is 23.9 Å². The van der Waals surface area contributed by atoms with Crippen LogP contribution in [0.1, 0.15) is 60.8 Å². The van der Waals surface area contributed by atoms with E-state index >= 15 is 0 Å². The Morgan fingerprint density at radius 1 is 0.714 bits per heavy atom. The summed E-state index contributed by atoms with van der Waals surface area (Å²) in [6.07, 6.45) is 0.923. The molecule has 21 heavy (non-hydrogen) atoms. The first kappa shape index (κ1) is 19.3. The molecular weight excluding hydrogens is 276 g/mol. The highest BCUT2D eigenvalue weighted by atomic mass is 16.6. The van der Waals surface area contributed by atoms with Crippen LogP contribution < -0.4 is 0 Å². The topological polar surface area (TPSA) is 86.7 Å². The molecule has 2 fully saturated rings. The monoisotopic (exact) mass is 300 g/mol. The summed E-state index contributed by atoms with van der Waals surface area (Å²) in [6.45, 7) is 3.61. The maximum atomic E-state index is 11.4. The molecule has 2 saturated heterocycles. The third kappa shape index (κ3) is 4.65. The Balaban J connectivity index is 0.00000200. The van der Waals surface area contributed by atoms with Gasteiger partial charge >= 0.3 is 23.9 Å². The predicted molar refractivity (Wildman–Crippen MR) is 75.0 cm³/mol. The van der Waals surface area contributed by atoms with E-state index in [0.29, 0.717) is 6.42 Å². The summed E-state index contributed by atoms with van der Waals surface area (Å²) in [5.74, 6) is -2.20. The van der Waals surface area contributed by atoms with Crippen LogP contribution in [0, 0.1) is 10.8 Å². The van der Waals surface area contributed by atoms with Crippen molar-refractivity contribution in [3.63, 3.8) is 0 Å². The third-order valence-electron chi connectivity index (χ3n) is 3.59. The van der Waals surface area contributed by atoms with Crippen LogP contribution in [0.15, 0.2) is 0 Å². The summed E-state index contributed by atoms with van der Waals surface area (Å²) >= 11 is 0. The van der Waals surface area contributed by atoms with Gasteiger partial charge in [0.1, 0.15) is 0 Å². The van der Waals surface area contributed by atoms with Crippen LogP contribution in [-0.2, 0) is 28.7 Å². The molecule has 2 aliphatic heterocycles. The molecule has 0 atom stereocenters. The smallest absolute Gasteiger partial charge is 0.314 e. The van der Waals surface area contributed by atoms with Gasteiger partial charge in [-0.1, -0.05) is 28.7 Å². The first-order valence-corrected chi connectivity index (χ1v) is 6.17. The lowest BCUT2D eigenvalue weighted by molar-refractivity contribution is -0.172. The second-order valence-electron chi connectivity index (χ2n) is 6.20. The Bertz CT molecular complexity index is 391. The van der Waals surface area contributed by atoms with E-state index in [1.54, 1.807) is 13.8 Å². The number of ether oxygens (including phenoxy) is 2. The van der Waals surface area contributed by atoms with Crippen LogP contribution in [0.4, 0.5) is 0 Å². The van der Waals surface area contributed by atoms with Gasteiger partial charge in [-0.3, -0.25) is 19.2 Å². The van der Waals surface area contributed by atoms with E-state index in [4.69, 9.17) is 0 Å². The minimum Gasteiger partial charge on any atom is -0.393 e. The minimum absolute atomic E-state index is 0. The zero-order chi connectivity index (χ0) is 14.3. The fraction of sp³-hybridized carbons (Fsp3) is 0.733. The standard InChI is InChI=1S/C13H16O6.2CH4/c1-12(3-8(14)18-9(15)4-12)7-13(2)5-10(16)19-11(17)6-13;;/h3-7H2,1-2H3;2*1H4. The molecule has 0 aromatic carbocycles. The van der Waals surface area contributed by atoms with Crippen LogP contribution in [0.5, 0.6) is 0 Å². The average Bonchev–Trinajstić information content (AvgIpc) is 2.08. The Morgan fingerprint density at radius 3 is 1.19 bits per heavy atom. The van der Waals surface area contributed by atoms with E-state index in [1.807, 2.05) is 0 Å². The zero-order valence-corrected chi connectivity index (χ0v) is 11.0. The summed E-state index contributed by atoms with van der Waals surface area (Å²) in [6, 6.07) is 0. The number of esters is 4. The lowest BCUT2D eigenvalue weighted by atomic mass is 9.66. The largest absolute Gasteiger partial charge is 0.393 e. The lowest BCUT2D eigenvalue weighted by Crippen LogP contribution is -2.41. The number of carbonyl (C=O) groups excluding carboxylic acids is 4. The van der Waals surface area contributed by atoms with Crippen LogP contribution in [0.3, 0.4) is 0 Å². The highest BCUT2D eigenvalue weighted by Gasteiger charge is 2.46. The molecule has 0 spiro atoms. The van der Waals surface area contributed by atoms with Gasteiger partial charge in [0.15, 0.2) is 0 Å². The van der Waals surface area contributed by atoms with E-state index in [2.05, 4.69) is 9.47 Å². The second-order valence-corrected chi connectivity index (χ2v) is 6.20. The molecule has 6 nitrogen and oxygen atoms in total. The summed E-state index contributed by atoms with van der Waals surface area (Å²) in [5, 5.41) is 0. The number of carbonyl (C=O) groups is 4. The number of hydrogen-bond acceptors (Lipinski definition) is 6. The van der Waals surface area contributed by atoms with Gasteiger partial charge in [-0.25, -0.2) is 0 Å². The van der Waals surface area contributed by atoms with Crippen molar-refractivity contribution in [2.24, 2.45) is 10.8 Å². The molecule has 2 rings (SSSR count). The molecule has 0 radical (unpaired) electrons. The maximum absolute atomic E-state index is 11.4. The van der Waals surface area contributed by atoms with E-state index in [-0.39, 0.29) is 40.5 Å². The van der Waals surface area contributed by atoms with Crippen LogP contribution in [0.25, 0.3) is 0 Å². The van der Waals surface area contributed by atoms with Gasteiger partial charge in [-0.05, 0) is 17.3 Å². The number of hydrogen-bond donors (Lipinski definition) is 0. The average molecular weight is 300 g/mol. The fourth-order valence-electron chi connectivity index (χ4n) is 3.20. The van der Waals surface area contributed by atoms with Crippen molar-refractivity contribution in [1.29, 1.82) is 0 Å². The Hall–Kier alpha value is -1.72. The van der Waals surface area contributed by atoms with E-state index in [1.165, 1.54) is 0 Å². The summed E-state index contributed by atoms with van der Waals surface area (Å²) in [5.41, 5.74) is -1.14. The zero-order valence-electron chi connectivity index (χ0n) is 11.0. The Kier molecular flexibility index (Phi) is 5.85. The maximum Gasteiger partial charge on any atom is 0.314 e. The van der Waals surface area contributed by atoms with Crippen molar-refractivity contribution in [2.75, 3.05) is 0 Å². The normalized spacial score (nSPS) is 23.3. The minimum atomic E-state index is -0.570. The van der Waals surface area contributed by atoms with Crippen LogP contribution in [-0.4, -0.2) is 23.9 Å². The molecule has 0 aliphatic carbocycles. The third-order valence-corrected chi connectivity index (χ3v) is 3.59. The highest BCUT2D eigenvalue weighted by molar-refractivity contribution is 5.90. The summed E-state index contributed by atoms with van der Waals surface area (Å²) < 4.78 is 9.02. The van der Waals surface area contributed by atoms with E-state index < -0.39 is 34.7 Å². The molecule has 6 heteroatoms. The quantitative estimate of drug-likeness (QED) is 0.575.